The molecule has 1 aromatic carbocycles. The van der Waals surface area contributed by atoms with E-state index in [-0.39, 0.29) is 6.04 Å². The van der Waals surface area contributed by atoms with Crippen molar-refractivity contribution >= 4 is 23.4 Å². The second kappa shape index (κ2) is 3.51. The summed E-state index contributed by atoms with van der Waals surface area (Å²) < 4.78 is 0. The van der Waals surface area contributed by atoms with Crippen molar-refractivity contribution in [3.05, 3.63) is 53.9 Å². The Morgan fingerprint density at radius 2 is 2.26 bits per heavy atom. The molecule has 0 spiro atoms. The number of hydrogen-bond acceptors (Lipinski definition) is 2. The van der Waals surface area contributed by atoms with Gasteiger partial charge in [0, 0.05) is 30.1 Å². The van der Waals surface area contributed by atoms with Crippen LogP contribution >= 0.6 is 0 Å². The quantitative estimate of drug-likeness (QED) is 0.772. The molecule has 1 unspecified atom stereocenters. The summed E-state index contributed by atoms with van der Waals surface area (Å²) in [6.07, 6.45) is 8.62. The Balaban J connectivity index is 1.92. The number of rotatable bonds is 0. The normalized spacial score (nSPS) is 22.1. The van der Waals surface area contributed by atoms with Crippen LogP contribution in [-0.4, -0.2) is 28.7 Å². The van der Waals surface area contributed by atoms with Gasteiger partial charge in [0.05, 0.1) is 11.7 Å². The lowest BCUT2D eigenvalue weighted by Gasteiger charge is -2.29. The lowest BCUT2D eigenvalue weighted by atomic mass is 10.00. The minimum absolute atomic E-state index is 0.150. The van der Waals surface area contributed by atoms with Gasteiger partial charge in [-0.3, -0.25) is 4.90 Å². The monoisotopic (exact) mass is 252 g/mol. The second-order valence-electron chi connectivity index (χ2n) is 4.86. The topological polar surface area (TPSA) is 43.8 Å². The van der Waals surface area contributed by atoms with E-state index in [1.165, 1.54) is 16.2 Å². The average molecular weight is 252 g/mol. The van der Waals surface area contributed by atoms with Gasteiger partial charge in [0.2, 0.25) is 0 Å². The summed E-state index contributed by atoms with van der Waals surface area (Å²) in [5, 5.41) is 9.10. The van der Waals surface area contributed by atoms with Crippen molar-refractivity contribution < 1.29 is 9.90 Å². The maximum absolute atomic E-state index is 11.1. The van der Waals surface area contributed by atoms with Crippen LogP contribution in [0.4, 0.5) is 10.5 Å². The van der Waals surface area contributed by atoms with Crippen LogP contribution < -0.4 is 4.90 Å². The highest BCUT2D eigenvalue weighted by molar-refractivity contribution is 5.95. The molecule has 0 aliphatic carbocycles. The highest BCUT2D eigenvalue weighted by Gasteiger charge is 2.36. The predicted molar refractivity (Wildman–Crippen MR) is 73.6 cm³/mol. The number of hydrogen-bond donors (Lipinski definition) is 1. The van der Waals surface area contributed by atoms with E-state index in [0.29, 0.717) is 0 Å². The molecule has 1 N–H and O–H groups in total. The summed E-state index contributed by atoms with van der Waals surface area (Å²) in [6, 6.07) is 6.33. The molecule has 0 saturated carbocycles. The molecule has 3 aliphatic heterocycles. The van der Waals surface area contributed by atoms with Gasteiger partial charge in [-0.1, -0.05) is 30.4 Å². The van der Waals surface area contributed by atoms with E-state index in [2.05, 4.69) is 29.2 Å². The number of carbonyl (C=O) groups is 1. The highest BCUT2D eigenvalue weighted by Crippen LogP contribution is 2.46. The van der Waals surface area contributed by atoms with Gasteiger partial charge in [0.15, 0.2) is 0 Å². The minimum atomic E-state index is -0.952. The van der Waals surface area contributed by atoms with E-state index in [9.17, 15) is 4.79 Å². The van der Waals surface area contributed by atoms with Gasteiger partial charge in [-0.2, -0.15) is 0 Å². The van der Waals surface area contributed by atoms with Crippen LogP contribution in [0, 0.1) is 0 Å². The third-order valence-corrected chi connectivity index (χ3v) is 3.85. The molecule has 0 bridgehead atoms. The molecule has 0 fully saturated rings. The molecule has 3 aliphatic rings. The summed E-state index contributed by atoms with van der Waals surface area (Å²) in [5.74, 6) is 0. The first-order valence-electron chi connectivity index (χ1n) is 6.23. The largest absolute Gasteiger partial charge is 0.464 e. The Hall–Kier alpha value is -2.49. The van der Waals surface area contributed by atoms with Gasteiger partial charge in [0.25, 0.3) is 0 Å². The van der Waals surface area contributed by atoms with Crippen LogP contribution in [0.3, 0.4) is 0 Å². The Labute approximate surface area is 110 Å². The third-order valence-electron chi connectivity index (χ3n) is 3.85. The molecular weight excluding hydrogens is 240 g/mol. The maximum atomic E-state index is 11.1. The Bertz CT molecular complexity index is 673. The van der Waals surface area contributed by atoms with E-state index in [1.807, 2.05) is 12.1 Å². The predicted octanol–water partition coefficient (Wildman–Crippen LogP) is 2.75. The zero-order valence-corrected chi connectivity index (χ0v) is 10.2. The van der Waals surface area contributed by atoms with Crippen molar-refractivity contribution in [3.8, 4) is 0 Å². The van der Waals surface area contributed by atoms with Gasteiger partial charge >= 0.3 is 6.09 Å². The molecule has 19 heavy (non-hydrogen) atoms. The molecule has 0 saturated heterocycles. The van der Waals surface area contributed by atoms with Gasteiger partial charge in [-0.05, 0) is 11.6 Å². The smallest absolute Gasteiger partial charge is 0.415 e. The first-order chi connectivity index (χ1) is 9.25. The van der Waals surface area contributed by atoms with E-state index >= 15 is 0 Å². The number of benzene rings is 1. The van der Waals surface area contributed by atoms with Crippen molar-refractivity contribution in [1.29, 1.82) is 0 Å². The van der Waals surface area contributed by atoms with E-state index in [1.54, 1.807) is 12.4 Å². The summed E-state index contributed by atoms with van der Waals surface area (Å²) in [7, 11) is 0. The van der Waals surface area contributed by atoms with Crippen molar-refractivity contribution in [1.82, 2.24) is 4.90 Å². The molecular formula is C15H12N2O2. The van der Waals surface area contributed by atoms with E-state index < -0.39 is 6.09 Å². The van der Waals surface area contributed by atoms with Crippen molar-refractivity contribution in [3.63, 3.8) is 0 Å². The molecule has 1 amide bonds. The third kappa shape index (κ3) is 1.31. The van der Waals surface area contributed by atoms with Crippen molar-refractivity contribution in [2.75, 3.05) is 11.4 Å². The molecule has 4 nitrogen and oxygen atoms in total. The number of para-hydroxylation sites is 1. The average Bonchev–Trinajstić information content (AvgIpc) is 2.76. The molecule has 4 heteroatoms. The van der Waals surface area contributed by atoms with Crippen LogP contribution in [0.1, 0.15) is 11.1 Å². The molecule has 0 radical (unpaired) electrons. The molecule has 3 heterocycles. The Kier molecular flexibility index (Phi) is 1.93. The van der Waals surface area contributed by atoms with Crippen LogP contribution in [0.5, 0.6) is 0 Å². The Morgan fingerprint density at radius 1 is 1.37 bits per heavy atom. The van der Waals surface area contributed by atoms with Gasteiger partial charge in [-0.15, -0.1) is 0 Å². The van der Waals surface area contributed by atoms with Crippen molar-refractivity contribution in [2.45, 2.75) is 6.04 Å². The molecule has 1 atom stereocenters. The highest BCUT2D eigenvalue weighted by atomic mass is 16.4. The lowest BCUT2D eigenvalue weighted by molar-refractivity contribution is 0.175. The van der Waals surface area contributed by atoms with Gasteiger partial charge in [-0.25, -0.2) is 4.79 Å². The zero-order valence-electron chi connectivity index (χ0n) is 10.2. The van der Waals surface area contributed by atoms with Gasteiger partial charge < -0.3 is 10.0 Å². The SMILES string of the molecule is O=C(O)N1C=CC2C(=C1)c1cccc3c1N2CC=C3. The number of anilines is 1. The van der Waals surface area contributed by atoms with Crippen LogP contribution in [-0.2, 0) is 0 Å². The summed E-state index contributed by atoms with van der Waals surface area (Å²) in [5.41, 5.74) is 4.63. The molecule has 0 aromatic heterocycles. The lowest BCUT2D eigenvalue weighted by Crippen LogP contribution is -2.34. The van der Waals surface area contributed by atoms with Crippen molar-refractivity contribution in [2.24, 2.45) is 0 Å². The first-order valence-corrected chi connectivity index (χ1v) is 6.23. The number of amides is 1. The van der Waals surface area contributed by atoms with Crippen LogP contribution in [0.15, 0.2) is 42.8 Å². The summed E-state index contributed by atoms with van der Waals surface area (Å²) in [4.78, 5) is 14.6. The second-order valence-corrected chi connectivity index (χ2v) is 4.86. The fraction of sp³-hybridized carbons (Fsp3) is 0.133. The summed E-state index contributed by atoms with van der Waals surface area (Å²) >= 11 is 0. The fourth-order valence-corrected chi connectivity index (χ4v) is 3.05. The molecule has 1 aromatic rings. The Morgan fingerprint density at radius 3 is 3.11 bits per heavy atom. The van der Waals surface area contributed by atoms with Crippen LogP contribution in [0.2, 0.25) is 0 Å². The standard InChI is InChI=1S/C15H12N2O2/c18-15(19)16-8-6-13-12(9-16)11-5-1-3-10-4-2-7-17(13)14(10)11/h1-6,8-9,13H,7H2,(H,18,19). The zero-order chi connectivity index (χ0) is 13.0. The van der Waals surface area contributed by atoms with E-state index in [4.69, 9.17) is 5.11 Å². The minimum Gasteiger partial charge on any atom is -0.464 e. The summed E-state index contributed by atoms with van der Waals surface area (Å²) in [6.45, 7) is 0.865. The first kappa shape index (κ1) is 10.4. The van der Waals surface area contributed by atoms with Crippen LogP contribution in [0.25, 0.3) is 11.6 Å². The van der Waals surface area contributed by atoms with E-state index in [0.717, 1.165) is 17.7 Å². The maximum Gasteiger partial charge on any atom is 0.415 e. The number of carboxylic acid groups (broad SMARTS) is 1. The number of fused-ring (bicyclic) bond motifs is 3. The fourth-order valence-electron chi connectivity index (χ4n) is 3.05. The molecule has 94 valence electrons. The van der Waals surface area contributed by atoms with Gasteiger partial charge in [0.1, 0.15) is 0 Å². The molecule has 4 rings (SSSR count). The number of nitrogens with zero attached hydrogens (tertiary/aromatic N) is 2.